The van der Waals surface area contributed by atoms with Crippen molar-refractivity contribution in [3.8, 4) is 0 Å². The molecule has 0 atom stereocenters. The molecule has 0 saturated heterocycles. The van der Waals surface area contributed by atoms with E-state index in [2.05, 4.69) is 58.3 Å². The van der Waals surface area contributed by atoms with Crippen molar-refractivity contribution in [3.63, 3.8) is 0 Å². The lowest BCUT2D eigenvalue weighted by Crippen LogP contribution is -2.19. The number of benzene rings is 2. The van der Waals surface area contributed by atoms with Gasteiger partial charge in [0, 0.05) is 41.6 Å². The second kappa shape index (κ2) is 7.87. The molecule has 29 heavy (non-hydrogen) atoms. The van der Waals surface area contributed by atoms with Gasteiger partial charge in [-0.3, -0.25) is 9.78 Å². The number of nitrogens with zero attached hydrogens (tertiary/aromatic N) is 3. The zero-order chi connectivity index (χ0) is 20.4. The summed E-state index contributed by atoms with van der Waals surface area (Å²) < 4.78 is 2.14. The number of amides is 1. The lowest BCUT2D eigenvalue weighted by Gasteiger charge is -2.06. The summed E-state index contributed by atoms with van der Waals surface area (Å²) in [7, 11) is 0. The number of hydrazone groups is 1. The molecule has 0 spiro atoms. The maximum atomic E-state index is 12.2. The van der Waals surface area contributed by atoms with Crippen molar-refractivity contribution in [2.24, 2.45) is 5.10 Å². The molecule has 2 heterocycles. The topological polar surface area (TPSA) is 59.3 Å². The van der Waals surface area contributed by atoms with Crippen LogP contribution in [0.5, 0.6) is 0 Å². The van der Waals surface area contributed by atoms with Crippen LogP contribution in [0.1, 0.15) is 28.7 Å². The Labute approximate surface area is 170 Å². The third-order valence-corrected chi connectivity index (χ3v) is 5.20. The fourth-order valence-electron chi connectivity index (χ4n) is 3.89. The van der Waals surface area contributed by atoms with Crippen molar-refractivity contribution < 1.29 is 4.79 Å². The van der Waals surface area contributed by atoms with Crippen LogP contribution >= 0.6 is 0 Å². The summed E-state index contributed by atoms with van der Waals surface area (Å²) >= 11 is 0. The van der Waals surface area contributed by atoms with E-state index < -0.39 is 0 Å². The summed E-state index contributed by atoms with van der Waals surface area (Å²) in [6.45, 7) is 6.87. The van der Waals surface area contributed by atoms with Gasteiger partial charge in [-0.25, -0.2) is 5.43 Å². The molecule has 2 aromatic carbocycles. The van der Waals surface area contributed by atoms with Gasteiger partial charge in [0.25, 0.3) is 0 Å². The molecule has 0 radical (unpaired) electrons. The first-order valence-corrected chi connectivity index (χ1v) is 9.75. The fraction of sp³-hybridized carbons (Fsp3) is 0.208. The van der Waals surface area contributed by atoms with Crippen LogP contribution in [-0.4, -0.2) is 21.7 Å². The number of pyridine rings is 1. The van der Waals surface area contributed by atoms with Gasteiger partial charge < -0.3 is 4.57 Å². The number of carbonyl (C=O) groups excluding carboxylic acids is 1. The zero-order valence-corrected chi connectivity index (χ0v) is 16.9. The summed E-state index contributed by atoms with van der Waals surface area (Å²) in [5.41, 5.74) is 9.30. The van der Waals surface area contributed by atoms with E-state index in [1.807, 2.05) is 31.2 Å². The molecule has 1 amide bonds. The lowest BCUT2D eigenvalue weighted by atomic mass is 10.1. The summed E-state index contributed by atoms with van der Waals surface area (Å²) in [5, 5.41) is 6.46. The first-order valence-electron chi connectivity index (χ1n) is 9.75. The minimum absolute atomic E-state index is 0.104. The highest BCUT2D eigenvalue weighted by molar-refractivity contribution is 5.91. The molecule has 0 aliphatic carbocycles. The summed E-state index contributed by atoms with van der Waals surface area (Å²) in [4.78, 5) is 16.6. The smallest absolute Gasteiger partial charge is 0.241 e. The SMILES string of the molecule is Cc1cc(/C=N/NC(=O)CCn2cc(C)c3c(C)cccc32)cc2cccnc12. The predicted molar refractivity (Wildman–Crippen MR) is 118 cm³/mol. The van der Waals surface area contributed by atoms with E-state index in [4.69, 9.17) is 0 Å². The van der Waals surface area contributed by atoms with Crippen LogP contribution in [-0.2, 0) is 11.3 Å². The quantitative estimate of drug-likeness (QED) is 0.402. The van der Waals surface area contributed by atoms with Crippen LogP contribution in [0.25, 0.3) is 21.8 Å². The molecule has 5 nitrogen and oxygen atoms in total. The molecular formula is C24H24N4O. The molecule has 4 rings (SSSR count). The molecular weight excluding hydrogens is 360 g/mol. The first-order chi connectivity index (χ1) is 14.0. The van der Waals surface area contributed by atoms with Gasteiger partial charge in [0.2, 0.25) is 5.91 Å². The van der Waals surface area contributed by atoms with Gasteiger partial charge in [-0.05, 0) is 67.3 Å². The minimum Gasteiger partial charge on any atom is -0.347 e. The largest absolute Gasteiger partial charge is 0.347 e. The summed E-state index contributed by atoms with van der Waals surface area (Å²) in [6, 6.07) is 14.2. The number of carbonyl (C=O) groups is 1. The normalized spacial score (nSPS) is 11.6. The molecule has 1 N–H and O–H groups in total. The molecule has 0 unspecified atom stereocenters. The number of aryl methyl sites for hydroxylation is 4. The lowest BCUT2D eigenvalue weighted by molar-refractivity contribution is -0.121. The molecule has 0 fully saturated rings. The number of rotatable bonds is 5. The van der Waals surface area contributed by atoms with Crippen LogP contribution in [0.2, 0.25) is 0 Å². The van der Waals surface area contributed by atoms with Crippen LogP contribution in [0.15, 0.2) is 60.0 Å². The van der Waals surface area contributed by atoms with Crippen LogP contribution in [0.3, 0.4) is 0 Å². The van der Waals surface area contributed by atoms with E-state index in [0.717, 1.165) is 22.0 Å². The Hall–Kier alpha value is -3.47. The zero-order valence-electron chi connectivity index (χ0n) is 16.9. The van der Waals surface area contributed by atoms with Crippen molar-refractivity contribution in [1.29, 1.82) is 0 Å². The molecule has 0 saturated carbocycles. The number of fused-ring (bicyclic) bond motifs is 2. The van der Waals surface area contributed by atoms with Gasteiger partial charge in [0.05, 0.1) is 11.7 Å². The van der Waals surface area contributed by atoms with Crippen LogP contribution in [0, 0.1) is 20.8 Å². The maximum Gasteiger partial charge on any atom is 0.241 e. The molecule has 0 aliphatic rings. The van der Waals surface area contributed by atoms with Crippen molar-refractivity contribution in [2.45, 2.75) is 33.7 Å². The number of hydrogen-bond acceptors (Lipinski definition) is 3. The molecule has 146 valence electrons. The molecule has 4 aromatic rings. The van der Waals surface area contributed by atoms with E-state index in [1.165, 1.54) is 22.0 Å². The summed E-state index contributed by atoms with van der Waals surface area (Å²) in [5.74, 6) is -0.104. The van der Waals surface area contributed by atoms with Crippen molar-refractivity contribution in [3.05, 3.63) is 77.1 Å². The highest BCUT2D eigenvalue weighted by atomic mass is 16.2. The van der Waals surface area contributed by atoms with Gasteiger partial charge in [-0.1, -0.05) is 18.2 Å². The van der Waals surface area contributed by atoms with Crippen LogP contribution in [0.4, 0.5) is 0 Å². The third kappa shape index (κ3) is 3.90. The average molecular weight is 384 g/mol. The van der Waals surface area contributed by atoms with Crippen molar-refractivity contribution in [2.75, 3.05) is 0 Å². The minimum atomic E-state index is -0.104. The Balaban J connectivity index is 1.40. The first kappa shape index (κ1) is 18.9. The second-order valence-electron chi connectivity index (χ2n) is 7.43. The third-order valence-electron chi connectivity index (χ3n) is 5.20. The van der Waals surface area contributed by atoms with E-state index in [-0.39, 0.29) is 5.91 Å². The Kier molecular flexibility index (Phi) is 5.12. The number of aromatic nitrogens is 2. The molecule has 2 aromatic heterocycles. The molecule has 0 aliphatic heterocycles. The fourth-order valence-corrected chi connectivity index (χ4v) is 3.89. The summed E-state index contributed by atoms with van der Waals surface area (Å²) in [6.07, 6.45) is 5.95. The Morgan fingerprint density at radius 3 is 2.83 bits per heavy atom. The van der Waals surface area contributed by atoms with Gasteiger partial charge in [0.15, 0.2) is 0 Å². The van der Waals surface area contributed by atoms with Gasteiger partial charge in [0.1, 0.15) is 0 Å². The monoisotopic (exact) mass is 384 g/mol. The standard InChI is InChI=1S/C24H24N4O/c1-16-6-4-8-21-23(16)18(3)15-28(21)11-9-22(29)27-26-14-19-12-17(2)24-20(13-19)7-5-10-25-24/h4-8,10,12-15H,9,11H2,1-3H3,(H,27,29)/b26-14+. The number of hydrogen-bond donors (Lipinski definition) is 1. The van der Waals surface area contributed by atoms with E-state index in [0.29, 0.717) is 13.0 Å². The Morgan fingerprint density at radius 2 is 1.97 bits per heavy atom. The van der Waals surface area contributed by atoms with Gasteiger partial charge in [-0.15, -0.1) is 0 Å². The van der Waals surface area contributed by atoms with E-state index in [9.17, 15) is 4.79 Å². The second-order valence-corrected chi connectivity index (χ2v) is 7.43. The molecule has 5 heteroatoms. The Bertz CT molecular complexity index is 1240. The van der Waals surface area contributed by atoms with Crippen molar-refractivity contribution in [1.82, 2.24) is 15.0 Å². The molecule has 0 bridgehead atoms. The Morgan fingerprint density at radius 1 is 1.10 bits per heavy atom. The highest BCUT2D eigenvalue weighted by Gasteiger charge is 2.09. The average Bonchev–Trinajstić information content (AvgIpc) is 3.03. The van der Waals surface area contributed by atoms with Crippen LogP contribution < -0.4 is 5.43 Å². The van der Waals surface area contributed by atoms with E-state index >= 15 is 0 Å². The predicted octanol–water partition coefficient (Wildman–Crippen LogP) is 4.66. The maximum absolute atomic E-state index is 12.2. The van der Waals surface area contributed by atoms with E-state index in [1.54, 1.807) is 12.4 Å². The number of nitrogens with one attached hydrogen (secondary N) is 1. The van der Waals surface area contributed by atoms with Gasteiger partial charge in [-0.2, -0.15) is 5.10 Å². The van der Waals surface area contributed by atoms with Crippen molar-refractivity contribution >= 4 is 33.9 Å². The van der Waals surface area contributed by atoms with Gasteiger partial charge >= 0.3 is 0 Å². The highest BCUT2D eigenvalue weighted by Crippen LogP contribution is 2.24.